The maximum atomic E-state index is 5.67. The zero-order valence-electron chi connectivity index (χ0n) is 12.3. The minimum Gasteiger partial charge on any atom is -0.364 e. The second-order valence-electron chi connectivity index (χ2n) is 5.55. The van der Waals surface area contributed by atoms with Crippen molar-refractivity contribution in [2.24, 2.45) is 0 Å². The molecule has 0 saturated carbocycles. The van der Waals surface area contributed by atoms with Crippen molar-refractivity contribution in [3.05, 3.63) is 35.4 Å². The lowest BCUT2D eigenvalue weighted by Gasteiger charge is -2.44. The predicted octanol–water partition coefficient (Wildman–Crippen LogP) is 2.28. The molecular weight excluding hydrogens is 252 g/mol. The van der Waals surface area contributed by atoms with Gasteiger partial charge in [0.05, 0.1) is 13.2 Å². The van der Waals surface area contributed by atoms with Crippen LogP contribution in [0.3, 0.4) is 0 Å². The van der Waals surface area contributed by atoms with Gasteiger partial charge in [-0.2, -0.15) is 5.06 Å². The highest BCUT2D eigenvalue weighted by molar-refractivity contribution is 5.34. The first-order valence-corrected chi connectivity index (χ1v) is 7.45. The Balaban J connectivity index is 1.97. The van der Waals surface area contributed by atoms with Crippen molar-refractivity contribution >= 4 is 0 Å². The van der Waals surface area contributed by atoms with Gasteiger partial charge in [-0.1, -0.05) is 30.7 Å². The molecule has 0 aliphatic carbocycles. The van der Waals surface area contributed by atoms with Crippen LogP contribution < -0.4 is 5.32 Å². The second-order valence-corrected chi connectivity index (χ2v) is 5.55. The third-order valence-electron chi connectivity index (χ3n) is 4.45. The van der Waals surface area contributed by atoms with Crippen molar-refractivity contribution in [3.63, 3.8) is 0 Å². The van der Waals surface area contributed by atoms with E-state index in [-0.39, 0.29) is 12.3 Å². The number of hydroxylamine groups is 2. The van der Waals surface area contributed by atoms with Crippen molar-refractivity contribution < 1.29 is 9.57 Å². The predicted molar refractivity (Wildman–Crippen MR) is 77.2 cm³/mol. The number of benzene rings is 1. The fraction of sp³-hybridized carbons (Fsp3) is 0.625. The SMILES string of the molecule is COC1Cc2ccccc2C(C2CCCC[N]2)N1OC. The lowest BCUT2D eigenvalue weighted by atomic mass is 9.85. The Hall–Kier alpha value is -0.940. The molecule has 109 valence electrons. The summed E-state index contributed by atoms with van der Waals surface area (Å²) in [5, 5.41) is 6.84. The molecule has 0 N–H and O–H groups in total. The molecule has 3 atom stereocenters. The van der Waals surface area contributed by atoms with Crippen molar-refractivity contribution in [2.45, 2.75) is 44.0 Å². The summed E-state index contributed by atoms with van der Waals surface area (Å²) in [6, 6.07) is 9.10. The third-order valence-corrected chi connectivity index (χ3v) is 4.45. The summed E-state index contributed by atoms with van der Waals surface area (Å²) in [5.74, 6) is 0. The van der Waals surface area contributed by atoms with Gasteiger partial charge in [-0.15, -0.1) is 0 Å². The smallest absolute Gasteiger partial charge is 0.137 e. The standard InChI is InChI=1S/C16H23N2O2/c1-19-15-11-12-7-3-4-8-13(12)16(18(15)20-2)14-9-5-6-10-17-14/h3-4,7-8,14-16H,5-6,9-11H2,1-2H3. The number of hydrogen-bond donors (Lipinski definition) is 0. The number of rotatable bonds is 3. The van der Waals surface area contributed by atoms with E-state index in [0.717, 1.165) is 19.4 Å². The van der Waals surface area contributed by atoms with E-state index >= 15 is 0 Å². The van der Waals surface area contributed by atoms with Gasteiger partial charge in [0.25, 0.3) is 0 Å². The van der Waals surface area contributed by atoms with E-state index < -0.39 is 0 Å². The van der Waals surface area contributed by atoms with Crippen LogP contribution in [-0.2, 0) is 16.0 Å². The number of nitrogens with zero attached hydrogens (tertiary/aromatic N) is 2. The van der Waals surface area contributed by atoms with E-state index in [4.69, 9.17) is 14.9 Å². The molecule has 2 aliphatic heterocycles. The van der Waals surface area contributed by atoms with Crippen molar-refractivity contribution in [3.8, 4) is 0 Å². The summed E-state index contributed by atoms with van der Waals surface area (Å²) in [4.78, 5) is 5.67. The van der Waals surface area contributed by atoms with Gasteiger partial charge in [0.15, 0.2) is 0 Å². The molecule has 3 rings (SSSR count). The molecule has 0 amide bonds. The van der Waals surface area contributed by atoms with Gasteiger partial charge in [-0.3, -0.25) is 4.84 Å². The van der Waals surface area contributed by atoms with Gasteiger partial charge in [0.2, 0.25) is 0 Å². The molecule has 0 bridgehead atoms. The van der Waals surface area contributed by atoms with Gasteiger partial charge >= 0.3 is 0 Å². The highest BCUT2D eigenvalue weighted by Gasteiger charge is 2.40. The molecule has 0 spiro atoms. The maximum Gasteiger partial charge on any atom is 0.137 e. The monoisotopic (exact) mass is 275 g/mol. The zero-order valence-corrected chi connectivity index (χ0v) is 12.3. The molecule has 2 aliphatic rings. The molecule has 1 aromatic rings. The third kappa shape index (κ3) is 2.49. The molecule has 1 saturated heterocycles. The van der Waals surface area contributed by atoms with Crippen LogP contribution in [0.15, 0.2) is 24.3 Å². The van der Waals surface area contributed by atoms with Crippen LogP contribution >= 0.6 is 0 Å². The molecule has 1 fully saturated rings. The van der Waals surface area contributed by atoms with Gasteiger partial charge in [0.1, 0.15) is 6.23 Å². The second kappa shape index (κ2) is 6.22. The van der Waals surface area contributed by atoms with Crippen LogP contribution in [0.5, 0.6) is 0 Å². The van der Waals surface area contributed by atoms with Crippen LogP contribution in [0, 0.1) is 0 Å². The number of fused-ring (bicyclic) bond motifs is 1. The van der Waals surface area contributed by atoms with Crippen LogP contribution in [-0.4, -0.2) is 38.1 Å². The summed E-state index contributed by atoms with van der Waals surface area (Å²) in [6.07, 6.45) is 4.43. The van der Waals surface area contributed by atoms with Gasteiger partial charge in [0, 0.05) is 26.1 Å². The Morgan fingerprint density at radius 1 is 1.20 bits per heavy atom. The molecule has 2 heterocycles. The van der Waals surface area contributed by atoms with E-state index in [1.807, 2.05) is 5.06 Å². The molecule has 1 aromatic carbocycles. The minimum atomic E-state index is -0.0305. The maximum absolute atomic E-state index is 5.67. The van der Waals surface area contributed by atoms with Gasteiger partial charge in [-0.25, -0.2) is 5.32 Å². The number of piperidine rings is 1. The molecule has 3 unspecified atom stereocenters. The Bertz CT molecular complexity index is 446. The first-order chi connectivity index (χ1) is 9.85. The highest BCUT2D eigenvalue weighted by Crippen LogP contribution is 2.38. The van der Waals surface area contributed by atoms with Crippen LogP contribution in [0.1, 0.15) is 36.4 Å². The van der Waals surface area contributed by atoms with E-state index in [0.29, 0.717) is 6.04 Å². The quantitative estimate of drug-likeness (QED) is 0.849. The Labute approximate surface area is 121 Å². The Morgan fingerprint density at radius 3 is 2.75 bits per heavy atom. The van der Waals surface area contributed by atoms with E-state index in [1.54, 1.807) is 14.2 Å². The van der Waals surface area contributed by atoms with Crippen molar-refractivity contribution in [1.82, 2.24) is 10.4 Å². The zero-order chi connectivity index (χ0) is 13.9. The van der Waals surface area contributed by atoms with Crippen molar-refractivity contribution in [2.75, 3.05) is 20.8 Å². The van der Waals surface area contributed by atoms with Crippen LogP contribution in [0.25, 0.3) is 0 Å². The minimum absolute atomic E-state index is 0.0305. The van der Waals surface area contributed by atoms with Crippen molar-refractivity contribution in [1.29, 1.82) is 0 Å². The number of hydrogen-bond acceptors (Lipinski definition) is 3. The first-order valence-electron chi connectivity index (χ1n) is 7.45. The summed E-state index contributed by atoms with van der Waals surface area (Å²) < 4.78 is 5.63. The number of methoxy groups -OCH3 is 1. The number of ether oxygens (including phenoxy) is 1. The van der Waals surface area contributed by atoms with Crippen LogP contribution in [0.4, 0.5) is 0 Å². The van der Waals surface area contributed by atoms with E-state index in [9.17, 15) is 0 Å². The molecule has 0 aromatic heterocycles. The fourth-order valence-electron chi connectivity index (χ4n) is 3.47. The summed E-state index contributed by atoms with van der Waals surface area (Å²) in [5.41, 5.74) is 2.71. The molecular formula is C16H23N2O2. The van der Waals surface area contributed by atoms with Crippen LogP contribution in [0.2, 0.25) is 0 Å². The fourth-order valence-corrected chi connectivity index (χ4v) is 3.47. The molecule has 4 nitrogen and oxygen atoms in total. The molecule has 20 heavy (non-hydrogen) atoms. The Kier molecular flexibility index (Phi) is 4.36. The average Bonchev–Trinajstić information content (AvgIpc) is 2.53. The summed E-state index contributed by atoms with van der Waals surface area (Å²) in [7, 11) is 3.48. The van der Waals surface area contributed by atoms with E-state index in [1.165, 1.54) is 24.0 Å². The highest BCUT2D eigenvalue weighted by atomic mass is 16.7. The topological polar surface area (TPSA) is 35.8 Å². The lowest BCUT2D eigenvalue weighted by Crippen LogP contribution is -2.51. The largest absolute Gasteiger partial charge is 0.364 e. The lowest BCUT2D eigenvalue weighted by molar-refractivity contribution is -0.264. The van der Waals surface area contributed by atoms with Gasteiger partial charge in [-0.05, 0) is 24.0 Å². The molecule has 1 radical (unpaired) electrons. The average molecular weight is 275 g/mol. The van der Waals surface area contributed by atoms with Gasteiger partial charge < -0.3 is 4.74 Å². The molecule has 4 heteroatoms. The normalized spacial score (nSPS) is 31.0. The summed E-state index contributed by atoms with van der Waals surface area (Å²) in [6.45, 7) is 0.971. The first kappa shape index (κ1) is 14.0. The Morgan fingerprint density at radius 2 is 2.05 bits per heavy atom. The van der Waals surface area contributed by atoms with E-state index in [2.05, 4.69) is 24.3 Å². The summed E-state index contributed by atoms with van der Waals surface area (Å²) >= 11 is 0.